The Morgan fingerprint density at radius 1 is 0.906 bits per heavy atom. The van der Waals surface area contributed by atoms with Gasteiger partial charge in [0.15, 0.2) is 0 Å². The van der Waals surface area contributed by atoms with Crippen LogP contribution in [0.2, 0.25) is 0 Å². The van der Waals surface area contributed by atoms with Gasteiger partial charge >= 0.3 is 5.69 Å². The van der Waals surface area contributed by atoms with Crippen molar-refractivity contribution in [1.29, 1.82) is 0 Å². The molecule has 3 N–H and O–H groups in total. The number of nitrogens with zero attached hydrogens (tertiary/aromatic N) is 4. The van der Waals surface area contributed by atoms with Gasteiger partial charge in [-0.25, -0.2) is 18.4 Å². The van der Waals surface area contributed by atoms with E-state index in [4.69, 9.17) is 0 Å². The van der Waals surface area contributed by atoms with E-state index >= 15 is 0 Å². The molecule has 168 valence electrons. The largest absolute Gasteiger partial charge is 0.355 e. The summed E-state index contributed by atoms with van der Waals surface area (Å²) in [5.74, 6) is -0.0706. The second-order valence-electron chi connectivity index (χ2n) is 6.53. The van der Waals surface area contributed by atoms with Gasteiger partial charge in [0.25, 0.3) is 0 Å². The number of rotatable bonds is 10. The summed E-state index contributed by atoms with van der Waals surface area (Å²) in [4.78, 5) is 19.2. The lowest BCUT2D eigenvalue weighted by atomic mass is 10.3. The molecule has 12 heteroatoms. The van der Waals surface area contributed by atoms with Gasteiger partial charge in [-0.3, -0.25) is 21.0 Å². The van der Waals surface area contributed by atoms with Crippen LogP contribution in [0.3, 0.4) is 0 Å². The molecule has 0 aliphatic carbocycles. The minimum absolute atomic E-state index is 0.0305. The average molecular weight is 458 g/mol. The van der Waals surface area contributed by atoms with Crippen LogP contribution in [0.25, 0.3) is 0 Å². The fourth-order valence-electron chi connectivity index (χ4n) is 2.95. The van der Waals surface area contributed by atoms with Gasteiger partial charge < -0.3 is 5.32 Å². The second kappa shape index (κ2) is 10.0. The number of nitro groups is 1. The molecule has 32 heavy (non-hydrogen) atoms. The Morgan fingerprint density at radius 3 is 2.12 bits per heavy atom. The maximum atomic E-state index is 12.6. The van der Waals surface area contributed by atoms with E-state index in [9.17, 15) is 18.5 Å². The van der Waals surface area contributed by atoms with E-state index in [1.165, 1.54) is 34.9 Å². The third-order valence-corrected chi connectivity index (χ3v) is 6.63. The van der Waals surface area contributed by atoms with Crippen LogP contribution in [-0.4, -0.2) is 40.7 Å². The summed E-state index contributed by atoms with van der Waals surface area (Å²) in [5, 5.41) is 14.6. The molecule has 0 atom stereocenters. The zero-order valence-electron chi connectivity index (χ0n) is 17.5. The summed E-state index contributed by atoms with van der Waals surface area (Å²) >= 11 is 0. The van der Waals surface area contributed by atoms with E-state index in [-0.39, 0.29) is 22.2 Å². The summed E-state index contributed by atoms with van der Waals surface area (Å²) in [6, 6.07) is 15.0. The lowest BCUT2D eigenvalue weighted by Crippen LogP contribution is -2.30. The topological polar surface area (TPSA) is 142 Å². The lowest BCUT2D eigenvalue weighted by Gasteiger charge is -2.18. The summed E-state index contributed by atoms with van der Waals surface area (Å²) in [6.45, 7) is 4.25. The van der Waals surface area contributed by atoms with Crippen molar-refractivity contribution in [2.75, 3.05) is 29.3 Å². The number of para-hydroxylation sites is 1. The minimum atomic E-state index is -3.60. The summed E-state index contributed by atoms with van der Waals surface area (Å²) < 4.78 is 26.6. The number of nitrogens with one attached hydrogen (secondary N) is 3. The third-order valence-electron chi connectivity index (χ3n) is 4.56. The predicted molar refractivity (Wildman–Crippen MR) is 122 cm³/mol. The van der Waals surface area contributed by atoms with E-state index in [0.717, 1.165) is 0 Å². The standard InChI is InChI=1S/C20H23N7O4S/c1-3-26(4-2)32(30,31)17-12-10-15(11-13-17)23-19-18(27(28)29)20(22-14-21-19)25-24-16-8-6-5-7-9-16/h5-14,24H,3-4H2,1-2H3,(H2,21,22,23,25). The van der Waals surface area contributed by atoms with Crippen molar-refractivity contribution in [2.45, 2.75) is 18.7 Å². The molecular formula is C20H23N7O4S. The molecule has 0 bridgehead atoms. The Labute approximate surface area is 185 Å². The summed E-state index contributed by atoms with van der Waals surface area (Å²) in [7, 11) is -3.60. The van der Waals surface area contributed by atoms with E-state index in [1.807, 2.05) is 18.2 Å². The van der Waals surface area contributed by atoms with Crippen molar-refractivity contribution >= 4 is 38.7 Å². The first-order valence-corrected chi connectivity index (χ1v) is 11.2. The molecule has 11 nitrogen and oxygen atoms in total. The Kier molecular flexibility index (Phi) is 7.18. The quantitative estimate of drug-likeness (QED) is 0.307. The van der Waals surface area contributed by atoms with Crippen LogP contribution < -0.4 is 16.2 Å². The molecule has 2 aromatic carbocycles. The van der Waals surface area contributed by atoms with E-state index in [1.54, 1.807) is 26.0 Å². The van der Waals surface area contributed by atoms with Gasteiger partial charge in [0.2, 0.25) is 21.7 Å². The molecule has 0 amide bonds. The molecule has 3 aromatic rings. The van der Waals surface area contributed by atoms with Crippen molar-refractivity contribution < 1.29 is 13.3 Å². The monoisotopic (exact) mass is 457 g/mol. The average Bonchev–Trinajstić information content (AvgIpc) is 2.79. The fraction of sp³-hybridized carbons (Fsp3) is 0.200. The number of sulfonamides is 1. The molecule has 3 rings (SSSR count). The van der Waals surface area contributed by atoms with Crippen LogP contribution in [0.15, 0.2) is 65.8 Å². The lowest BCUT2D eigenvalue weighted by molar-refractivity contribution is -0.383. The molecular weight excluding hydrogens is 434 g/mol. The Hall–Kier alpha value is -3.77. The van der Waals surface area contributed by atoms with Crippen molar-refractivity contribution in [3.8, 4) is 0 Å². The fourth-order valence-corrected chi connectivity index (χ4v) is 4.41. The number of anilines is 4. The van der Waals surface area contributed by atoms with E-state index in [2.05, 4.69) is 26.1 Å². The number of hydrazine groups is 1. The van der Waals surface area contributed by atoms with Gasteiger partial charge in [-0.1, -0.05) is 32.0 Å². The molecule has 1 heterocycles. The smallest absolute Gasteiger partial charge is 0.334 e. The Bertz CT molecular complexity index is 1170. The van der Waals surface area contributed by atoms with Crippen LogP contribution in [0.5, 0.6) is 0 Å². The number of aromatic nitrogens is 2. The van der Waals surface area contributed by atoms with Crippen LogP contribution in [0.1, 0.15) is 13.8 Å². The van der Waals surface area contributed by atoms with Crippen LogP contribution in [0, 0.1) is 10.1 Å². The molecule has 0 unspecified atom stereocenters. The van der Waals surface area contributed by atoms with Gasteiger partial charge in [-0.05, 0) is 36.4 Å². The van der Waals surface area contributed by atoms with Crippen molar-refractivity contribution in [3.05, 3.63) is 71.0 Å². The van der Waals surface area contributed by atoms with Gasteiger partial charge in [-0.15, -0.1) is 0 Å². The highest BCUT2D eigenvalue weighted by molar-refractivity contribution is 7.89. The van der Waals surface area contributed by atoms with Gasteiger partial charge in [-0.2, -0.15) is 4.31 Å². The number of benzene rings is 2. The zero-order chi connectivity index (χ0) is 23.1. The minimum Gasteiger partial charge on any atom is -0.334 e. The first-order chi connectivity index (χ1) is 15.4. The van der Waals surface area contributed by atoms with Crippen molar-refractivity contribution in [3.63, 3.8) is 0 Å². The highest BCUT2D eigenvalue weighted by Crippen LogP contribution is 2.31. The van der Waals surface area contributed by atoms with Crippen LogP contribution >= 0.6 is 0 Å². The summed E-state index contributed by atoms with van der Waals surface area (Å²) in [6.07, 6.45) is 1.18. The number of hydrogen-bond donors (Lipinski definition) is 3. The highest BCUT2D eigenvalue weighted by Gasteiger charge is 2.24. The second-order valence-corrected chi connectivity index (χ2v) is 8.47. The van der Waals surface area contributed by atoms with E-state index < -0.39 is 14.9 Å². The first kappa shape index (κ1) is 22.9. The van der Waals surface area contributed by atoms with Gasteiger partial charge in [0.05, 0.1) is 15.5 Å². The van der Waals surface area contributed by atoms with Crippen LogP contribution in [0.4, 0.5) is 28.7 Å². The SMILES string of the molecule is CCN(CC)S(=O)(=O)c1ccc(Nc2ncnc(NNc3ccccc3)c2[N+](=O)[O-])cc1. The number of hydrogen-bond acceptors (Lipinski definition) is 9. The molecule has 0 saturated heterocycles. The van der Waals surface area contributed by atoms with Gasteiger partial charge in [0, 0.05) is 18.8 Å². The summed E-state index contributed by atoms with van der Waals surface area (Å²) in [5.41, 5.74) is 6.34. The van der Waals surface area contributed by atoms with E-state index in [0.29, 0.717) is 24.5 Å². The maximum absolute atomic E-state index is 12.6. The molecule has 1 aromatic heterocycles. The molecule has 0 saturated carbocycles. The highest BCUT2D eigenvalue weighted by atomic mass is 32.2. The molecule has 0 aliphatic heterocycles. The van der Waals surface area contributed by atoms with Crippen molar-refractivity contribution in [1.82, 2.24) is 14.3 Å². The van der Waals surface area contributed by atoms with Crippen molar-refractivity contribution in [2.24, 2.45) is 0 Å². The molecule has 0 aliphatic rings. The zero-order valence-corrected chi connectivity index (χ0v) is 18.3. The molecule has 0 spiro atoms. The Balaban J connectivity index is 1.83. The predicted octanol–water partition coefficient (Wildman–Crippen LogP) is 3.60. The normalized spacial score (nSPS) is 11.2. The molecule has 0 radical (unpaired) electrons. The van der Waals surface area contributed by atoms with Crippen LogP contribution in [-0.2, 0) is 10.0 Å². The maximum Gasteiger partial charge on any atom is 0.355 e. The third kappa shape index (κ3) is 5.10. The molecule has 0 fully saturated rings. The van der Waals surface area contributed by atoms with Gasteiger partial charge in [0.1, 0.15) is 6.33 Å². The Morgan fingerprint density at radius 2 is 1.53 bits per heavy atom. The first-order valence-electron chi connectivity index (χ1n) is 9.80.